The van der Waals surface area contributed by atoms with E-state index < -0.39 is 10.0 Å². The molecule has 0 saturated heterocycles. The van der Waals surface area contributed by atoms with Crippen molar-refractivity contribution in [3.8, 4) is 0 Å². The Morgan fingerprint density at radius 2 is 1.78 bits per heavy atom. The number of amides is 1. The summed E-state index contributed by atoms with van der Waals surface area (Å²) in [6, 6.07) is 13.1. The number of carbonyl (C=O) groups is 1. The topological polar surface area (TPSA) is 75.3 Å². The van der Waals surface area contributed by atoms with Gasteiger partial charge in [0, 0.05) is 16.4 Å². The largest absolute Gasteiger partial charge is 0.326 e. The summed E-state index contributed by atoms with van der Waals surface area (Å²) in [6.45, 7) is 1.70. The maximum Gasteiger partial charge on any atom is 0.262 e. The summed E-state index contributed by atoms with van der Waals surface area (Å²) in [7, 11) is -3.81. The van der Waals surface area contributed by atoms with Gasteiger partial charge >= 0.3 is 0 Å². The number of rotatable bonds is 6. The molecule has 0 spiro atoms. The lowest BCUT2D eigenvalue weighted by Crippen LogP contribution is -2.17. The van der Waals surface area contributed by atoms with Crippen molar-refractivity contribution in [2.24, 2.45) is 0 Å². The summed E-state index contributed by atoms with van der Waals surface area (Å²) in [6.07, 6.45) is 0.239. The van der Waals surface area contributed by atoms with E-state index in [1.54, 1.807) is 43.3 Å². The fourth-order valence-corrected chi connectivity index (χ4v) is 4.60. The second kappa shape index (κ2) is 8.12. The summed E-state index contributed by atoms with van der Waals surface area (Å²) in [4.78, 5) is 12.3. The van der Waals surface area contributed by atoms with Crippen molar-refractivity contribution in [3.63, 3.8) is 0 Å². The van der Waals surface area contributed by atoms with Gasteiger partial charge in [-0.1, -0.05) is 17.7 Å². The molecule has 5 nitrogen and oxygen atoms in total. The molecule has 1 amide bonds. The molecule has 0 fully saturated rings. The molecule has 0 saturated carbocycles. The number of hydrogen-bond donors (Lipinski definition) is 2. The first-order valence-electron chi connectivity index (χ1n) is 8.03. The van der Waals surface area contributed by atoms with E-state index in [2.05, 4.69) is 10.0 Å². The molecule has 1 heterocycles. The van der Waals surface area contributed by atoms with Gasteiger partial charge in [0.1, 0.15) is 0 Å². The van der Waals surface area contributed by atoms with E-state index in [9.17, 15) is 13.2 Å². The van der Waals surface area contributed by atoms with Crippen LogP contribution < -0.4 is 10.0 Å². The van der Waals surface area contributed by atoms with E-state index in [1.165, 1.54) is 17.4 Å². The van der Waals surface area contributed by atoms with Gasteiger partial charge in [-0.05, 0) is 71.3 Å². The minimum atomic E-state index is -3.81. The molecule has 27 heavy (non-hydrogen) atoms. The molecule has 0 aliphatic rings. The van der Waals surface area contributed by atoms with Crippen LogP contribution in [0, 0.1) is 6.92 Å². The number of carbonyl (C=O) groups excluding carboxylic acids is 1. The molecule has 0 aliphatic heterocycles. The molecule has 3 aromatic rings. The zero-order chi connectivity index (χ0) is 19.4. The Bertz CT molecular complexity index is 1050. The third kappa shape index (κ3) is 5.09. The highest BCUT2D eigenvalue weighted by molar-refractivity contribution is 7.92. The third-order valence-corrected chi connectivity index (χ3v) is 6.31. The number of aryl methyl sites for hydroxylation is 1. The molecule has 0 radical (unpaired) electrons. The third-order valence-electron chi connectivity index (χ3n) is 3.80. The number of nitrogens with one attached hydrogen (secondary N) is 2. The smallest absolute Gasteiger partial charge is 0.262 e. The summed E-state index contributed by atoms with van der Waals surface area (Å²) >= 11 is 7.35. The molecule has 3 rings (SSSR count). The minimum Gasteiger partial charge on any atom is -0.326 e. The van der Waals surface area contributed by atoms with Gasteiger partial charge in [-0.15, -0.1) is 0 Å². The predicted molar refractivity (Wildman–Crippen MR) is 110 cm³/mol. The number of thiophene rings is 1. The second-order valence-electron chi connectivity index (χ2n) is 5.95. The van der Waals surface area contributed by atoms with E-state index in [1.807, 2.05) is 16.8 Å². The molecular formula is C19H17ClN2O3S2. The maximum atomic E-state index is 12.7. The fourth-order valence-electron chi connectivity index (χ4n) is 2.48. The molecular weight excluding hydrogens is 404 g/mol. The van der Waals surface area contributed by atoms with Crippen LogP contribution in [-0.4, -0.2) is 14.3 Å². The molecule has 1 aromatic heterocycles. The highest BCUT2D eigenvalue weighted by Gasteiger charge is 2.18. The molecule has 2 N–H and O–H groups in total. The summed E-state index contributed by atoms with van der Waals surface area (Å²) in [5.74, 6) is -0.203. The van der Waals surface area contributed by atoms with Crippen LogP contribution in [0.3, 0.4) is 0 Å². The first-order chi connectivity index (χ1) is 12.8. The molecule has 0 atom stereocenters. The monoisotopic (exact) mass is 420 g/mol. The average Bonchev–Trinajstić information content (AvgIpc) is 3.11. The lowest BCUT2D eigenvalue weighted by molar-refractivity contribution is -0.115. The van der Waals surface area contributed by atoms with E-state index in [0.29, 0.717) is 22.0 Å². The van der Waals surface area contributed by atoms with Crippen LogP contribution >= 0.6 is 22.9 Å². The van der Waals surface area contributed by atoms with Crippen LogP contribution in [0.25, 0.3) is 0 Å². The zero-order valence-corrected chi connectivity index (χ0v) is 16.8. The Hall–Kier alpha value is -2.35. The van der Waals surface area contributed by atoms with Gasteiger partial charge in [0.2, 0.25) is 5.91 Å². The van der Waals surface area contributed by atoms with Crippen LogP contribution in [0.4, 0.5) is 11.4 Å². The number of halogens is 1. The Kier molecular flexibility index (Phi) is 5.84. The van der Waals surface area contributed by atoms with Crippen molar-refractivity contribution in [1.29, 1.82) is 0 Å². The quantitative estimate of drug-likeness (QED) is 0.607. The molecule has 140 valence electrons. The predicted octanol–water partition coefficient (Wildman–Crippen LogP) is 4.69. The van der Waals surface area contributed by atoms with E-state index in [4.69, 9.17) is 11.6 Å². The zero-order valence-electron chi connectivity index (χ0n) is 14.4. The molecule has 8 heteroatoms. The van der Waals surface area contributed by atoms with Crippen LogP contribution in [-0.2, 0) is 21.2 Å². The normalized spacial score (nSPS) is 11.2. The maximum absolute atomic E-state index is 12.7. The summed E-state index contributed by atoms with van der Waals surface area (Å²) in [5, 5.41) is 7.07. The van der Waals surface area contributed by atoms with Gasteiger partial charge in [-0.3, -0.25) is 9.52 Å². The summed E-state index contributed by atoms with van der Waals surface area (Å²) in [5.41, 5.74) is 2.33. The van der Waals surface area contributed by atoms with E-state index in [0.717, 1.165) is 5.56 Å². The molecule has 0 bridgehead atoms. The minimum absolute atomic E-state index is 0.103. The highest BCUT2D eigenvalue weighted by Crippen LogP contribution is 2.24. The lowest BCUT2D eigenvalue weighted by atomic mass is 10.2. The van der Waals surface area contributed by atoms with Crippen molar-refractivity contribution in [2.45, 2.75) is 18.2 Å². The van der Waals surface area contributed by atoms with Gasteiger partial charge < -0.3 is 5.32 Å². The number of sulfonamides is 1. The number of anilines is 2. The van der Waals surface area contributed by atoms with Crippen LogP contribution in [0.15, 0.2) is 64.2 Å². The van der Waals surface area contributed by atoms with Crippen molar-refractivity contribution in [3.05, 3.63) is 75.4 Å². The first-order valence-corrected chi connectivity index (χ1v) is 10.8. The van der Waals surface area contributed by atoms with Crippen molar-refractivity contribution in [2.75, 3.05) is 10.0 Å². The van der Waals surface area contributed by atoms with Crippen molar-refractivity contribution in [1.82, 2.24) is 0 Å². The van der Waals surface area contributed by atoms with Gasteiger partial charge in [0.05, 0.1) is 11.3 Å². The van der Waals surface area contributed by atoms with Gasteiger partial charge in [0.25, 0.3) is 10.0 Å². The van der Waals surface area contributed by atoms with E-state index >= 15 is 0 Å². The standard InChI is InChI=1S/C19H17ClN2O3S2/c1-13-2-5-17(21-19(23)10-14-8-9-26-12-14)11-18(13)27(24,25)22-16-6-3-15(20)4-7-16/h2-9,11-12,22H,10H2,1H3,(H,21,23). The SMILES string of the molecule is Cc1ccc(NC(=O)Cc2ccsc2)cc1S(=O)(=O)Nc1ccc(Cl)cc1. The average molecular weight is 421 g/mol. The van der Waals surface area contributed by atoms with Gasteiger partial charge in [-0.25, -0.2) is 8.42 Å². The Balaban J connectivity index is 1.79. The number of benzene rings is 2. The molecule has 2 aromatic carbocycles. The van der Waals surface area contributed by atoms with E-state index in [-0.39, 0.29) is 17.2 Å². The Labute approximate surface area is 167 Å². The van der Waals surface area contributed by atoms with Crippen LogP contribution in [0.2, 0.25) is 5.02 Å². The Morgan fingerprint density at radius 3 is 2.44 bits per heavy atom. The lowest BCUT2D eigenvalue weighted by Gasteiger charge is -2.13. The first kappa shape index (κ1) is 19.4. The second-order valence-corrected chi connectivity index (χ2v) is 8.82. The molecule has 0 unspecified atom stereocenters. The van der Waals surface area contributed by atoms with Gasteiger partial charge in [-0.2, -0.15) is 11.3 Å². The Morgan fingerprint density at radius 1 is 1.07 bits per heavy atom. The van der Waals surface area contributed by atoms with Gasteiger partial charge in [0.15, 0.2) is 0 Å². The van der Waals surface area contributed by atoms with Crippen LogP contribution in [0.1, 0.15) is 11.1 Å². The highest BCUT2D eigenvalue weighted by atomic mass is 35.5. The van der Waals surface area contributed by atoms with Crippen LogP contribution in [0.5, 0.6) is 0 Å². The van der Waals surface area contributed by atoms with Crippen molar-refractivity contribution >= 4 is 50.2 Å². The fraction of sp³-hybridized carbons (Fsp3) is 0.105. The summed E-state index contributed by atoms with van der Waals surface area (Å²) < 4.78 is 28.0. The number of hydrogen-bond acceptors (Lipinski definition) is 4. The van der Waals surface area contributed by atoms with Crippen molar-refractivity contribution < 1.29 is 13.2 Å². The molecule has 0 aliphatic carbocycles.